The van der Waals surface area contributed by atoms with Crippen LogP contribution in [0.1, 0.15) is 19.8 Å². The normalized spacial score (nSPS) is 21.3. The Labute approximate surface area is 78.4 Å². The second kappa shape index (κ2) is 5.19. The lowest BCUT2D eigenvalue weighted by Gasteiger charge is -2.23. The Bertz CT molecular complexity index is 166. The van der Waals surface area contributed by atoms with Crippen LogP contribution < -0.4 is 5.73 Å². The third kappa shape index (κ3) is 3.74. The zero-order valence-corrected chi connectivity index (χ0v) is 7.99. The van der Waals surface area contributed by atoms with Crippen LogP contribution in [0.2, 0.25) is 0 Å². The first-order valence-electron chi connectivity index (χ1n) is 4.69. The van der Waals surface area contributed by atoms with Gasteiger partial charge in [-0.1, -0.05) is 6.92 Å². The van der Waals surface area contributed by atoms with Gasteiger partial charge in [-0.05, 0) is 12.8 Å². The molecule has 1 fully saturated rings. The Balaban J connectivity index is 2.13. The van der Waals surface area contributed by atoms with Gasteiger partial charge in [0.05, 0.1) is 18.6 Å². The molecule has 1 saturated heterocycles. The van der Waals surface area contributed by atoms with E-state index in [1.807, 2.05) is 0 Å². The summed E-state index contributed by atoms with van der Waals surface area (Å²) in [6, 6.07) is 0. The fourth-order valence-electron chi connectivity index (χ4n) is 1.21. The highest BCUT2D eigenvalue weighted by Crippen LogP contribution is 2.11. The van der Waals surface area contributed by atoms with Crippen molar-refractivity contribution in [2.24, 2.45) is 11.7 Å². The number of primary amides is 1. The molecule has 0 bridgehead atoms. The molecule has 1 aliphatic rings. The summed E-state index contributed by atoms with van der Waals surface area (Å²) >= 11 is 0. The number of carbonyl (C=O) groups excluding carboxylic acids is 1. The Morgan fingerprint density at radius 2 is 2.23 bits per heavy atom. The van der Waals surface area contributed by atoms with E-state index in [1.54, 1.807) is 6.92 Å². The number of amides is 1. The molecule has 4 heteroatoms. The highest BCUT2D eigenvalue weighted by Gasteiger charge is 2.16. The van der Waals surface area contributed by atoms with Crippen molar-refractivity contribution in [2.45, 2.75) is 25.9 Å². The molecule has 0 saturated carbocycles. The minimum atomic E-state index is -0.299. The molecule has 2 N–H and O–H groups in total. The van der Waals surface area contributed by atoms with E-state index in [1.165, 1.54) is 0 Å². The van der Waals surface area contributed by atoms with E-state index in [4.69, 9.17) is 15.2 Å². The van der Waals surface area contributed by atoms with Crippen molar-refractivity contribution < 1.29 is 14.3 Å². The van der Waals surface area contributed by atoms with Gasteiger partial charge in [0.2, 0.25) is 5.91 Å². The van der Waals surface area contributed by atoms with E-state index in [-0.39, 0.29) is 17.9 Å². The molecule has 0 aromatic rings. The van der Waals surface area contributed by atoms with Gasteiger partial charge in [-0.3, -0.25) is 4.79 Å². The van der Waals surface area contributed by atoms with Gasteiger partial charge in [0.15, 0.2) is 0 Å². The minimum Gasteiger partial charge on any atom is -0.381 e. The Morgan fingerprint density at radius 3 is 2.77 bits per heavy atom. The summed E-state index contributed by atoms with van der Waals surface area (Å²) in [4.78, 5) is 10.7. The molecule has 0 aliphatic carbocycles. The molecule has 1 amide bonds. The molecule has 0 aromatic heterocycles. The lowest BCUT2D eigenvalue weighted by molar-refractivity contribution is -0.124. The van der Waals surface area contributed by atoms with Gasteiger partial charge in [0, 0.05) is 13.2 Å². The topological polar surface area (TPSA) is 61.6 Å². The number of rotatable bonds is 4. The molecule has 0 aromatic carbocycles. The standard InChI is InChI=1S/C9H17NO3/c1-7(9(10)11)6-13-8-2-4-12-5-3-8/h7-8H,2-6H2,1H3,(H2,10,11). The van der Waals surface area contributed by atoms with Gasteiger partial charge in [0.25, 0.3) is 0 Å². The number of hydrogen-bond donors (Lipinski definition) is 1. The number of nitrogens with two attached hydrogens (primary N) is 1. The van der Waals surface area contributed by atoms with E-state index in [0.29, 0.717) is 6.61 Å². The van der Waals surface area contributed by atoms with Crippen molar-refractivity contribution in [3.63, 3.8) is 0 Å². The highest BCUT2D eigenvalue weighted by molar-refractivity contribution is 5.76. The van der Waals surface area contributed by atoms with Crippen molar-refractivity contribution in [3.8, 4) is 0 Å². The van der Waals surface area contributed by atoms with Crippen LogP contribution in [0.25, 0.3) is 0 Å². The van der Waals surface area contributed by atoms with E-state index >= 15 is 0 Å². The van der Waals surface area contributed by atoms with Crippen molar-refractivity contribution in [1.82, 2.24) is 0 Å². The SMILES string of the molecule is CC(COC1CCOCC1)C(N)=O. The lowest BCUT2D eigenvalue weighted by Crippen LogP contribution is -2.29. The maximum atomic E-state index is 10.7. The summed E-state index contributed by atoms with van der Waals surface area (Å²) in [7, 11) is 0. The monoisotopic (exact) mass is 187 g/mol. The molecular weight excluding hydrogens is 170 g/mol. The zero-order chi connectivity index (χ0) is 9.68. The molecule has 4 nitrogen and oxygen atoms in total. The van der Waals surface area contributed by atoms with Crippen LogP contribution in [0.5, 0.6) is 0 Å². The molecule has 0 radical (unpaired) electrons. The highest BCUT2D eigenvalue weighted by atomic mass is 16.5. The van der Waals surface area contributed by atoms with Crippen molar-refractivity contribution >= 4 is 5.91 Å². The predicted molar refractivity (Wildman–Crippen MR) is 48.2 cm³/mol. The summed E-state index contributed by atoms with van der Waals surface area (Å²) in [6.45, 7) is 3.73. The van der Waals surface area contributed by atoms with Crippen LogP contribution in [0, 0.1) is 5.92 Å². The Hall–Kier alpha value is -0.610. The third-order valence-corrected chi connectivity index (χ3v) is 2.24. The largest absolute Gasteiger partial charge is 0.381 e. The van der Waals surface area contributed by atoms with Crippen LogP contribution in [0.3, 0.4) is 0 Å². The fraction of sp³-hybridized carbons (Fsp3) is 0.889. The van der Waals surface area contributed by atoms with Crippen molar-refractivity contribution in [2.75, 3.05) is 19.8 Å². The van der Waals surface area contributed by atoms with E-state index < -0.39 is 0 Å². The summed E-state index contributed by atoms with van der Waals surface area (Å²) in [5, 5.41) is 0. The third-order valence-electron chi connectivity index (χ3n) is 2.24. The van der Waals surface area contributed by atoms with Crippen molar-refractivity contribution in [1.29, 1.82) is 0 Å². The molecule has 13 heavy (non-hydrogen) atoms. The van der Waals surface area contributed by atoms with E-state index in [9.17, 15) is 4.79 Å². The maximum Gasteiger partial charge on any atom is 0.222 e. The number of hydrogen-bond acceptors (Lipinski definition) is 3. The van der Waals surface area contributed by atoms with Crippen LogP contribution in [-0.4, -0.2) is 31.8 Å². The second-order valence-corrected chi connectivity index (χ2v) is 3.45. The van der Waals surface area contributed by atoms with Crippen LogP contribution in [0.15, 0.2) is 0 Å². The Kier molecular flexibility index (Phi) is 4.18. The molecule has 0 spiro atoms. The predicted octanol–water partition coefficient (Wildman–Crippen LogP) is 0.303. The number of carbonyl (C=O) groups is 1. The Morgan fingerprint density at radius 1 is 1.62 bits per heavy atom. The van der Waals surface area contributed by atoms with E-state index in [2.05, 4.69) is 0 Å². The van der Waals surface area contributed by atoms with Gasteiger partial charge >= 0.3 is 0 Å². The smallest absolute Gasteiger partial charge is 0.222 e. The summed E-state index contributed by atoms with van der Waals surface area (Å²) < 4.78 is 10.7. The molecular formula is C9H17NO3. The lowest BCUT2D eigenvalue weighted by atomic mass is 10.1. The number of ether oxygens (including phenoxy) is 2. The maximum absolute atomic E-state index is 10.7. The molecule has 1 heterocycles. The van der Waals surface area contributed by atoms with E-state index in [0.717, 1.165) is 26.1 Å². The van der Waals surface area contributed by atoms with Gasteiger partial charge in [-0.2, -0.15) is 0 Å². The van der Waals surface area contributed by atoms with Crippen LogP contribution in [-0.2, 0) is 14.3 Å². The quantitative estimate of drug-likeness (QED) is 0.688. The molecule has 1 rings (SSSR count). The average molecular weight is 187 g/mol. The molecule has 76 valence electrons. The van der Waals surface area contributed by atoms with Gasteiger partial charge in [-0.15, -0.1) is 0 Å². The van der Waals surface area contributed by atoms with Gasteiger partial charge in [-0.25, -0.2) is 0 Å². The first kappa shape index (κ1) is 10.5. The summed E-state index contributed by atoms with van der Waals surface area (Å²) in [6.07, 6.45) is 2.09. The zero-order valence-electron chi connectivity index (χ0n) is 7.99. The molecule has 1 atom stereocenters. The first-order valence-corrected chi connectivity index (χ1v) is 4.69. The first-order chi connectivity index (χ1) is 6.20. The van der Waals surface area contributed by atoms with Crippen LogP contribution in [0.4, 0.5) is 0 Å². The van der Waals surface area contributed by atoms with Crippen molar-refractivity contribution in [3.05, 3.63) is 0 Å². The fourth-order valence-corrected chi connectivity index (χ4v) is 1.21. The average Bonchev–Trinajstić information content (AvgIpc) is 2.15. The minimum absolute atomic E-state index is 0.192. The molecule has 1 unspecified atom stereocenters. The van der Waals surface area contributed by atoms with Gasteiger partial charge in [0.1, 0.15) is 0 Å². The summed E-state index contributed by atoms with van der Waals surface area (Å²) in [5.74, 6) is -0.491. The van der Waals surface area contributed by atoms with Gasteiger partial charge < -0.3 is 15.2 Å². The van der Waals surface area contributed by atoms with Crippen LogP contribution >= 0.6 is 0 Å². The molecule has 1 aliphatic heterocycles. The summed E-state index contributed by atoms with van der Waals surface area (Å²) in [5.41, 5.74) is 5.11. The second-order valence-electron chi connectivity index (χ2n) is 3.45.